The predicted molar refractivity (Wildman–Crippen MR) is 59.7 cm³/mol. The van der Waals surface area contributed by atoms with E-state index >= 15 is 0 Å². The molecule has 1 rings (SSSR count). The maximum atomic E-state index is 9.73. The molecule has 70 valence electrons. The number of aliphatic hydroxyl groups is 1. The van der Waals surface area contributed by atoms with E-state index in [1.165, 1.54) is 0 Å². The fourth-order valence-electron chi connectivity index (χ4n) is 1.07. The summed E-state index contributed by atoms with van der Waals surface area (Å²) >= 11 is 4.95. The first kappa shape index (κ1) is 10.8. The number of halogens is 1. The van der Waals surface area contributed by atoms with E-state index in [0.29, 0.717) is 0 Å². The summed E-state index contributed by atoms with van der Waals surface area (Å²) in [6, 6.07) is 1.95. The van der Waals surface area contributed by atoms with Gasteiger partial charge in [-0.2, -0.15) is 0 Å². The molecule has 0 aliphatic rings. The largest absolute Gasteiger partial charge is 0.388 e. The molecular weight excluding hydrogens is 248 g/mol. The summed E-state index contributed by atoms with van der Waals surface area (Å²) in [6.07, 6.45) is 7.11. The second-order valence-electron chi connectivity index (χ2n) is 2.74. The standard InChI is InChI=1S/C10H11BrOS/c1-2-3-4-5-9(12)10-8(11)6-7-13-10/h1,6-7,9,12H,3-5H2. The first-order valence-corrected chi connectivity index (χ1v) is 5.77. The molecule has 0 aliphatic heterocycles. The molecule has 1 unspecified atom stereocenters. The van der Waals surface area contributed by atoms with Crippen molar-refractivity contribution >= 4 is 27.3 Å². The SMILES string of the molecule is C#CCCCC(O)c1sccc1Br. The van der Waals surface area contributed by atoms with E-state index in [0.717, 1.165) is 28.6 Å². The summed E-state index contributed by atoms with van der Waals surface area (Å²) in [4.78, 5) is 0.997. The molecule has 1 N–H and O–H groups in total. The highest BCUT2D eigenvalue weighted by atomic mass is 79.9. The molecule has 1 aromatic rings. The lowest BCUT2D eigenvalue weighted by molar-refractivity contribution is 0.168. The van der Waals surface area contributed by atoms with E-state index in [1.54, 1.807) is 11.3 Å². The highest BCUT2D eigenvalue weighted by Gasteiger charge is 2.11. The Labute approximate surface area is 90.9 Å². The van der Waals surface area contributed by atoms with Crippen LogP contribution in [0.2, 0.25) is 0 Å². The molecule has 0 radical (unpaired) electrons. The Morgan fingerprint density at radius 2 is 2.46 bits per heavy atom. The summed E-state index contributed by atoms with van der Waals surface area (Å²) in [5.74, 6) is 2.56. The van der Waals surface area contributed by atoms with Gasteiger partial charge in [-0.05, 0) is 40.2 Å². The second kappa shape index (κ2) is 5.43. The zero-order valence-corrected chi connectivity index (χ0v) is 9.57. The van der Waals surface area contributed by atoms with E-state index in [2.05, 4.69) is 21.9 Å². The molecule has 1 nitrogen and oxygen atoms in total. The number of hydrogen-bond acceptors (Lipinski definition) is 2. The lowest BCUT2D eigenvalue weighted by atomic mass is 10.1. The smallest absolute Gasteiger partial charge is 0.0893 e. The Kier molecular flexibility index (Phi) is 4.51. The van der Waals surface area contributed by atoms with E-state index in [-0.39, 0.29) is 6.10 Å². The van der Waals surface area contributed by atoms with Gasteiger partial charge in [0.1, 0.15) is 0 Å². The summed E-state index contributed by atoms with van der Waals surface area (Å²) in [7, 11) is 0. The van der Waals surface area contributed by atoms with Crippen molar-refractivity contribution in [2.24, 2.45) is 0 Å². The van der Waals surface area contributed by atoms with Crippen molar-refractivity contribution in [2.45, 2.75) is 25.4 Å². The Hall–Kier alpha value is -0.300. The van der Waals surface area contributed by atoms with Gasteiger partial charge in [0.15, 0.2) is 0 Å². The number of unbranched alkanes of at least 4 members (excludes halogenated alkanes) is 1. The van der Waals surface area contributed by atoms with Gasteiger partial charge in [-0.15, -0.1) is 23.7 Å². The first-order valence-electron chi connectivity index (χ1n) is 4.10. The van der Waals surface area contributed by atoms with Crippen LogP contribution in [0.15, 0.2) is 15.9 Å². The highest BCUT2D eigenvalue weighted by Crippen LogP contribution is 2.31. The molecule has 1 aromatic heterocycles. The first-order chi connectivity index (χ1) is 6.25. The van der Waals surface area contributed by atoms with Gasteiger partial charge in [0, 0.05) is 15.8 Å². The Morgan fingerprint density at radius 3 is 3.00 bits per heavy atom. The molecule has 0 fully saturated rings. The molecule has 13 heavy (non-hydrogen) atoms. The third-order valence-corrected chi connectivity index (χ3v) is 3.72. The molecule has 0 bridgehead atoms. The molecule has 1 atom stereocenters. The maximum absolute atomic E-state index is 9.73. The van der Waals surface area contributed by atoms with Crippen LogP contribution in [-0.4, -0.2) is 5.11 Å². The van der Waals surface area contributed by atoms with Crippen molar-refractivity contribution in [2.75, 3.05) is 0 Å². The lowest BCUT2D eigenvalue weighted by Gasteiger charge is -2.07. The Balaban J connectivity index is 2.45. The monoisotopic (exact) mass is 258 g/mol. The highest BCUT2D eigenvalue weighted by molar-refractivity contribution is 9.10. The molecule has 0 amide bonds. The van der Waals surface area contributed by atoms with Gasteiger partial charge in [-0.3, -0.25) is 0 Å². The van der Waals surface area contributed by atoms with Crippen molar-refractivity contribution in [1.82, 2.24) is 0 Å². The van der Waals surface area contributed by atoms with Crippen molar-refractivity contribution in [1.29, 1.82) is 0 Å². The summed E-state index contributed by atoms with van der Waals surface area (Å²) in [5, 5.41) is 11.7. The van der Waals surface area contributed by atoms with Crippen LogP contribution >= 0.6 is 27.3 Å². The van der Waals surface area contributed by atoms with Gasteiger partial charge in [0.05, 0.1) is 6.10 Å². The van der Waals surface area contributed by atoms with Crippen molar-refractivity contribution < 1.29 is 5.11 Å². The van der Waals surface area contributed by atoms with Crippen LogP contribution in [0, 0.1) is 12.3 Å². The van der Waals surface area contributed by atoms with Gasteiger partial charge in [0.2, 0.25) is 0 Å². The van der Waals surface area contributed by atoms with Crippen molar-refractivity contribution in [3.05, 3.63) is 20.8 Å². The number of aliphatic hydroxyl groups excluding tert-OH is 1. The van der Waals surface area contributed by atoms with Crippen LogP contribution in [0.25, 0.3) is 0 Å². The molecule has 0 aliphatic carbocycles. The summed E-state index contributed by atoms with van der Waals surface area (Å²) in [5.41, 5.74) is 0. The van der Waals surface area contributed by atoms with Gasteiger partial charge in [-0.1, -0.05) is 0 Å². The van der Waals surface area contributed by atoms with Gasteiger partial charge >= 0.3 is 0 Å². The Morgan fingerprint density at radius 1 is 1.69 bits per heavy atom. The zero-order valence-electron chi connectivity index (χ0n) is 7.16. The molecule has 3 heteroatoms. The maximum Gasteiger partial charge on any atom is 0.0893 e. The predicted octanol–water partition coefficient (Wildman–Crippen LogP) is 3.35. The normalized spacial score (nSPS) is 12.4. The molecule has 0 aromatic carbocycles. The molecule has 1 heterocycles. The lowest BCUT2D eigenvalue weighted by Crippen LogP contribution is -1.94. The van der Waals surface area contributed by atoms with Crippen molar-refractivity contribution in [3.63, 3.8) is 0 Å². The average Bonchev–Trinajstić information content (AvgIpc) is 2.52. The minimum atomic E-state index is -0.372. The molecule has 0 spiro atoms. The van der Waals surface area contributed by atoms with Crippen LogP contribution in [0.5, 0.6) is 0 Å². The Bertz CT molecular complexity index is 300. The fourth-order valence-corrected chi connectivity index (χ4v) is 2.73. The van der Waals surface area contributed by atoms with E-state index in [1.807, 2.05) is 11.4 Å². The average molecular weight is 259 g/mol. The van der Waals surface area contributed by atoms with Crippen LogP contribution in [0.1, 0.15) is 30.2 Å². The number of hydrogen-bond donors (Lipinski definition) is 1. The van der Waals surface area contributed by atoms with Crippen LogP contribution < -0.4 is 0 Å². The number of terminal acetylenes is 1. The molecule has 0 saturated heterocycles. The molecule has 0 saturated carbocycles. The van der Waals surface area contributed by atoms with Gasteiger partial charge in [-0.25, -0.2) is 0 Å². The third-order valence-electron chi connectivity index (χ3n) is 1.75. The van der Waals surface area contributed by atoms with Crippen LogP contribution in [-0.2, 0) is 0 Å². The minimum Gasteiger partial charge on any atom is -0.388 e. The van der Waals surface area contributed by atoms with Crippen LogP contribution in [0.3, 0.4) is 0 Å². The fraction of sp³-hybridized carbons (Fsp3) is 0.400. The molecular formula is C10H11BrOS. The third kappa shape index (κ3) is 3.15. The van der Waals surface area contributed by atoms with E-state index in [9.17, 15) is 5.11 Å². The zero-order chi connectivity index (χ0) is 9.68. The van der Waals surface area contributed by atoms with Gasteiger partial charge in [0.25, 0.3) is 0 Å². The van der Waals surface area contributed by atoms with E-state index in [4.69, 9.17) is 6.42 Å². The number of rotatable bonds is 4. The minimum absolute atomic E-state index is 0.372. The summed E-state index contributed by atoms with van der Waals surface area (Å²) < 4.78 is 0.991. The van der Waals surface area contributed by atoms with E-state index < -0.39 is 0 Å². The quantitative estimate of drug-likeness (QED) is 0.649. The summed E-state index contributed by atoms with van der Waals surface area (Å²) in [6.45, 7) is 0. The van der Waals surface area contributed by atoms with Crippen LogP contribution in [0.4, 0.5) is 0 Å². The number of thiophene rings is 1. The topological polar surface area (TPSA) is 20.2 Å². The second-order valence-corrected chi connectivity index (χ2v) is 4.55. The van der Waals surface area contributed by atoms with Gasteiger partial charge < -0.3 is 5.11 Å². The van der Waals surface area contributed by atoms with Crippen molar-refractivity contribution in [3.8, 4) is 12.3 Å².